The van der Waals surface area contributed by atoms with Gasteiger partial charge in [0.25, 0.3) is 5.56 Å². The van der Waals surface area contributed by atoms with Crippen molar-refractivity contribution in [3.8, 4) is 0 Å². The SMILES string of the molecule is CCOC(=O)C1=C(c2ccccc2)N=c2s/c(=C\c3cn(Cc4ccc(Br)cc4)c4ccccc34)c(=O)n2[C@H]1c1cccs1. The zero-order valence-corrected chi connectivity index (χ0v) is 26.9. The van der Waals surface area contributed by atoms with Crippen molar-refractivity contribution in [2.24, 2.45) is 4.99 Å². The van der Waals surface area contributed by atoms with Crippen LogP contribution < -0.4 is 14.9 Å². The third kappa shape index (κ3) is 5.21. The number of nitrogens with zero attached hydrogens (tertiary/aromatic N) is 3. The van der Waals surface area contributed by atoms with E-state index >= 15 is 0 Å². The van der Waals surface area contributed by atoms with Gasteiger partial charge in [-0.25, -0.2) is 9.79 Å². The highest BCUT2D eigenvalue weighted by Gasteiger charge is 2.35. The molecule has 7 rings (SSSR count). The van der Waals surface area contributed by atoms with Crippen molar-refractivity contribution in [2.45, 2.75) is 19.5 Å². The van der Waals surface area contributed by atoms with Crippen molar-refractivity contribution in [1.82, 2.24) is 9.13 Å². The average Bonchev–Trinajstić information content (AvgIpc) is 3.77. The zero-order valence-electron chi connectivity index (χ0n) is 23.6. The van der Waals surface area contributed by atoms with Gasteiger partial charge in [-0.15, -0.1) is 11.3 Å². The van der Waals surface area contributed by atoms with Crippen LogP contribution in [0.5, 0.6) is 0 Å². The second-order valence-electron chi connectivity index (χ2n) is 10.3. The lowest BCUT2D eigenvalue weighted by atomic mass is 9.97. The minimum absolute atomic E-state index is 0.189. The molecule has 0 saturated carbocycles. The Morgan fingerprint density at radius 1 is 1.00 bits per heavy atom. The average molecular weight is 681 g/mol. The molecule has 0 fully saturated rings. The number of ether oxygens (including phenoxy) is 1. The van der Waals surface area contributed by atoms with Gasteiger partial charge in [-0.3, -0.25) is 9.36 Å². The standard InChI is InChI=1S/C35H26BrN3O3S2/c1-2-42-34(41)30-31(23-9-4-3-5-10-23)37-35-39(32(30)28-13-8-18-43-28)33(40)29(44-35)19-24-21-38(27-12-7-6-11-26(24)27)20-22-14-16-25(36)17-15-22/h3-19,21,32H,2,20H2,1H3/b29-19-/t32-/m0/s1. The maximum atomic E-state index is 14.3. The number of hydrogen-bond acceptors (Lipinski definition) is 6. The number of halogens is 1. The van der Waals surface area contributed by atoms with E-state index in [1.165, 1.54) is 28.2 Å². The number of benzene rings is 3. The number of fused-ring (bicyclic) bond motifs is 2. The molecular formula is C35H26BrN3O3S2. The highest BCUT2D eigenvalue weighted by atomic mass is 79.9. The van der Waals surface area contributed by atoms with E-state index in [0.29, 0.717) is 27.1 Å². The van der Waals surface area contributed by atoms with Crippen molar-refractivity contribution < 1.29 is 9.53 Å². The number of aromatic nitrogens is 2. The Bertz CT molecular complexity index is 2210. The molecule has 0 radical (unpaired) electrons. The molecular weight excluding hydrogens is 654 g/mol. The largest absolute Gasteiger partial charge is 0.463 e. The first-order valence-corrected chi connectivity index (χ1v) is 16.6. The highest BCUT2D eigenvalue weighted by molar-refractivity contribution is 9.10. The maximum Gasteiger partial charge on any atom is 0.338 e. The minimum Gasteiger partial charge on any atom is -0.463 e. The lowest BCUT2D eigenvalue weighted by molar-refractivity contribution is -0.138. The van der Waals surface area contributed by atoms with E-state index < -0.39 is 12.0 Å². The Balaban J connectivity index is 1.43. The molecule has 0 aliphatic carbocycles. The van der Waals surface area contributed by atoms with Crippen LogP contribution in [0.2, 0.25) is 0 Å². The first-order chi connectivity index (χ1) is 21.5. The second-order valence-corrected chi connectivity index (χ2v) is 13.2. The van der Waals surface area contributed by atoms with E-state index in [2.05, 4.69) is 51.0 Å². The predicted molar refractivity (Wildman–Crippen MR) is 181 cm³/mol. The maximum absolute atomic E-state index is 14.3. The molecule has 4 heterocycles. The van der Waals surface area contributed by atoms with Crippen molar-refractivity contribution in [3.05, 3.63) is 154 Å². The number of carbonyl (C=O) groups is 1. The molecule has 1 atom stereocenters. The summed E-state index contributed by atoms with van der Waals surface area (Å²) in [6, 6.07) is 29.4. The van der Waals surface area contributed by atoms with Crippen LogP contribution in [0.3, 0.4) is 0 Å². The van der Waals surface area contributed by atoms with Crippen molar-refractivity contribution in [2.75, 3.05) is 6.61 Å². The summed E-state index contributed by atoms with van der Waals surface area (Å²) in [5, 5.41) is 3.01. The quantitative estimate of drug-likeness (QED) is 0.175. The van der Waals surface area contributed by atoms with E-state index in [0.717, 1.165) is 31.4 Å². The number of para-hydroxylation sites is 1. The molecule has 3 aromatic heterocycles. The van der Waals surface area contributed by atoms with Gasteiger partial charge >= 0.3 is 5.97 Å². The summed E-state index contributed by atoms with van der Waals surface area (Å²) in [4.78, 5) is 34.2. The second kappa shape index (κ2) is 12.0. The molecule has 3 aromatic carbocycles. The predicted octanol–water partition coefficient (Wildman–Crippen LogP) is 6.76. The molecule has 0 bridgehead atoms. The molecule has 1 aliphatic heterocycles. The highest BCUT2D eigenvalue weighted by Crippen LogP contribution is 2.37. The lowest BCUT2D eigenvalue weighted by Gasteiger charge is -2.24. The van der Waals surface area contributed by atoms with Gasteiger partial charge in [0, 0.05) is 44.1 Å². The van der Waals surface area contributed by atoms with Crippen LogP contribution in [0, 0.1) is 0 Å². The van der Waals surface area contributed by atoms with Gasteiger partial charge < -0.3 is 9.30 Å². The smallest absolute Gasteiger partial charge is 0.338 e. The zero-order chi connectivity index (χ0) is 30.2. The van der Waals surface area contributed by atoms with Gasteiger partial charge in [-0.05, 0) is 48.2 Å². The van der Waals surface area contributed by atoms with E-state index in [9.17, 15) is 9.59 Å². The van der Waals surface area contributed by atoms with Gasteiger partial charge in [0.05, 0.1) is 22.4 Å². The molecule has 6 aromatic rings. The molecule has 0 unspecified atom stereocenters. The fourth-order valence-electron chi connectivity index (χ4n) is 5.61. The van der Waals surface area contributed by atoms with Crippen molar-refractivity contribution >= 4 is 67.2 Å². The summed E-state index contributed by atoms with van der Waals surface area (Å²) in [5.74, 6) is -0.473. The third-order valence-corrected chi connectivity index (χ3v) is 9.99. The molecule has 6 nitrogen and oxygen atoms in total. The van der Waals surface area contributed by atoms with E-state index in [-0.39, 0.29) is 12.2 Å². The Labute approximate surface area is 269 Å². The molecule has 0 N–H and O–H groups in total. The van der Waals surface area contributed by atoms with Crippen LogP contribution in [-0.4, -0.2) is 21.7 Å². The minimum atomic E-state index is -0.651. The molecule has 9 heteroatoms. The number of esters is 1. The number of thiazole rings is 1. The Kier molecular flexibility index (Phi) is 7.76. The fourth-order valence-corrected chi connectivity index (χ4v) is 7.68. The Hall–Kier alpha value is -4.31. The van der Waals surface area contributed by atoms with Gasteiger partial charge in [-0.1, -0.05) is 94.0 Å². The topological polar surface area (TPSA) is 65.6 Å². The summed E-state index contributed by atoms with van der Waals surface area (Å²) in [6.07, 6.45) is 4.05. The summed E-state index contributed by atoms with van der Waals surface area (Å²) in [6.45, 7) is 2.70. The van der Waals surface area contributed by atoms with E-state index in [1.807, 2.05) is 78.2 Å². The fraction of sp³-hybridized carbons (Fsp3) is 0.114. The Morgan fingerprint density at radius 3 is 2.52 bits per heavy atom. The molecule has 1 aliphatic rings. The van der Waals surface area contributed by atoms with Crippen LogP contribution in [0.25, 0.3) is 22.7 Å². The van der Waals surface area contributed by atoms with Crippen LogP contribution in [0.15, 0.2) is 122 Å². The van der Waals surface area contributed by atoms with Gasteiger partial charge in [-0.2, -0.15) is 0 Å². The Morgan fingerprint density at radius 2 is 1.77 bits per heavy atom. The third-order valence-electron chi connectivity index (χ3n) is 7.56. The molecule has 0 saturated heterocycles. The number of carbonyl (C=O) groups excluding carboxylic acids is 1. The lowest BCUT2D eigenvalue weighted by Crippen LogP contribution is -2.39. The summed E-state index contributed by atoms with van der Waals surface area (Å²) in [5.41, 5.74) is 4.71. The summed E-state index contributed by atoms with van der Waals surface area (Å²) in [7, 11) is 0. The number of thiophene rings is 1. The van der Waals surface area contributed by atoms with Crippen LogP contribution >= 0.6 is 38.6 Å². The normalized spacial score (nSPS) is 15.0. The van der Waals surface area contributed by atoms with Crippen LogP contribution in [0.1, 0.15) is 34.5 Å². The van der Waals surface area contributed by atoms with Crippen molar-refractivity contribution in [1.29, 1.82) is 0 Å². The summed E-state index contributed by atoms with van der Waals surface area (Å²) >= 11 is 6.36. The van der Waals surface area contributed by atoms with E-state index in [1.54, 1.807) is 11.5 Å². The monoisotopic (exact) mass is 679 g/mol. The van der Waals surface area contributed by atoms with Gasteiger partial charge in [0.1, 0.15) is 6.04 Å². The van der Waals surface area contributed by atoms with Crippen molar-refractivity contribution in [3.63, 3.8) is 0 Å². The number of hydrogen-bond donors (Lipinski definition) is 0. The number of rotatable bonds is 7. The molecule has 0 amide bonds. The van der Waals surface area contributed by atoms with Crippen LogP contribution in [-0.2, 0) is 16.1 Å². The molecule has 218 valence electrons. The van der Waals surface area contributed by atoms with Gasteiger partial charge in [0.2, 0.25) is 0 Å². The molecule has 0 spiro atoms. The van der Waals surface area contributed by atoms with Gasteiger partial charge in [0.15, 0.2) is 4.80 Å². The van der Waals surface area contributed by atoms with Crippen LogP contribution in [0.4, 0.5) is 0 Å². The first kappa shape index (κ1) is 28.5. The summed E-state index contributed by atoms with van der Waals surface area (Å²) < 4.78 is 11.0. The first-order valence-electron chi connectivity index (χ1n) is 14.2. The van der Waals surface area contributed by atoms with E-state index in [4.69, 9.17) is 9.73 Å². The molecule has 44 heavy (non-hydrogen) atoms.